The number of hydrogen-bond acceptors (Lipinski definition) is 4. The standard InChI is InChI=1S/C17H23N3O2/c1-13(21)14-4-2-3-5-15(14)19-16(22)10-20-9-7-17(12-20)6-8-18-11-17/h2-5,18H,6-12H2,1H3,(H,19,22). The van der Waals surface area contributed by atoms with Crippen LogP contribution in [0.25, 0.3) is 0 Å². The van der Waals surface area contributed by atoms with Crippen molar-refractivity contribution in [2.75, 3.05) is 38.0 Å². The number of rotatable bonds is 4. The second-order valence-corrected chi connectivity index (χ2v) is 6.54. The molecule has 2 heterocycles. The summed E-state index contributed by atoms with van der Waals surface area (Å²) in [5.74, 6) is -0.0789. The predicted octanol–water partition coefficient (Wildman–Crippen LogP) is 1.51. The molecule has 3 rings (SSSR count). The summed E-state index contributed by atoms with van der Waals surface area (Å²) in [6, 6.07) is 7.16. The van der Waals surface area contributed by atoms with Crippen molar-refractivity contribution in [3.63, 3.8) is 0 Å². The van der Waals surface area contributed by atoms with Crippen LogP contribution in [0.4, 0.5) is 5.69 Å². The van der Waals surface area contributed by atoms with Crippen molar-refractivity contribution in [2.45, 2.75) is 19.8 Å². The van der Waals surface area contributed by atoms with Crippen molar-refractivity contribution in [1.29, 1.82) is 0 Å². The second-order valence-electron chi connectivity index (χ2n) is 6.54. The van der Waals surface area contributed by atoms with E-state index in [-0.39, 0.29) is 11.7 Å². The van der Waals surface area contributed by atoms with Crippen LogP contribution in [0.15, 0.2) is 24.3 Å². The summed E-state index contributed by atoms with van der Waals surface area (Å²) < 4.78 is 0. The number of carbonyl (C=O) groups excluding carboxylic acids is 2. The molecule has 1 spiro atoms. The Morgan fingerprint density at radius 3 is 2.86 bits per heavy atom. The number of amides is 1. The molecule has 0 saturated carbocycles. The molecule has 118 valence electrons. The van der Waals surface area contributed by atoms with E-state index < -0.39 is 0 Å². The monoisotopic (exact) mass is 301 g/mol. The molecule has 2 aliphatic rings. The van der Waals surface area contributed by atoms with Crippen LogP contribution in [-0.2, 0) is 4.79 Å². The Labute approximate surface area is 131 Å². The van der Waals surface area contributed by atoms with Crippen molar-refractivity contribution in [2.24, 2.45) is 5.41 Å². The van der Waals surface area contributed by atoms with Gasteiger partial charge in [-0.1, -0.05) is 12.1 Å². The Hall–Kier alpha value is -1.72. The highest BCUT2D eigenvalue weighted by molar-refractivity contribution is 6.04. The quantitative estimate of drug-likeness (QED) is 0.828. The van der Waals surface area contributed by atoms with Gasteiger partial charge in [-0.2, -0.15) is 0 Å². The van der Waals surface area contributed by atoms with Gasteiger partial charge < -0.3 is 10.6 Å². The lowest BCUT2D eigenvalue weighted by Crippen LogP contribution is -2.34. The summed E-state index contributed by atoms with van der Waals surface area (Å²) >= 11 is 0. The van der Waals surface area contributed by atoms with Crippen LogP contribution < -0.4 is 10.6 Å². The number of likely N-dealkylation sites (tertiary alicyclic amines) is 1. The maximum Gasteiger partial charge on any atom is 0.238 e. The molecule has 2 aliphatic heterocycles. The molecular formula is C17H23N3O2. The highest BCUT2D eigenvalue weighted by Gasteiger charge is 2.40. The molecule has 0 radical (unpaired) electrons. The Balaban J connectivity index is 1.58. The first kappa shape index (κ1) is 15.2. The fourth-order valence-corrected chi connectivity index (χ4v) is 3.60. The maximum atomic E-state index is 12.3. The third-order valence-electron chi connectivity index (χ3n) is 4.80. The lowest BCUT2D eigenvalue weighted by Gasteiger charge is -2.22. The molecule has 1 aromatic rings. The first-order chi connectivity index (χ1) is 10.6. The summed E-state index contributed by atoms with van der Waals surface area (Å²) in [6.07, 6.45) is 2.37. The maximum absolute atomic E-state index is 12.3. The van der Waals surface area contributed by atoms with Gasteiger partial charge in [0, 0.05) is 18.7 Å². The van der Waals surface area contributed by atoms with E-state index in [9.17, 15) is 9.59 Å². The number of ketones is 1. The largest absolute Gasteiger partial charge is 0.324 e. The van der Waals surface area contributed by atoms with Crippen LogP contribution in [0.3, 0.4) is 0 Å². The Morgan fingerprint density at radius 2 is 2.14 bits per heavy atom. The summed E-state index contributed by atoms with van der Waals surface area (Å²) in [7, 11) is 0. The van der Waals surface area contributed by atoms with Crippen LogP contribution >= 0.6 is 0 Å². The van der Waals surface area contributed by atoms with Gasteiger partial charge in [0.1, 0.15) is 0 Å². The number of para-hydroxylation sites is 1. The summed E-state index contributed by atoms with van der Waals surface area (Å²) in [5.41, 5.74) is 1.54. The molecule has 0 bridgehead atoms. The smallest absolute Gasteiger partial charge is 0.238 e. The minimum atomic E-state index is -0.0447. The minimum absolute atomic E-state index is 0.0342. The van der Waals surface area contributed by atoms with Gasteiger partial charge in [-0.15, -0.1) is 0 Å². The van der Waals surface area contributed by atoms with Crippen molar-refractivity contribution in [3.8, 4) is 0 Å². The zero-order valence-electron chi connectivity index (χ0n) is 13.0. The lowest BCUT2D eigenvalue weighted by molar-refractivity contribution is -0.117. The number of Topliss-reactive ketones (excluding diaryl/α,β-unsaturated/α-hetero) is 1. The fraction of sp³-hybridized carbons (Fsp3) is 0.529. The van der Waals surface area contributed by atoms with Crippen LogP contribution in [0.1, 0.15) is 30.1 Å². The third kappa shape index (κ3) is 3.20. The number of hydrogen-bond donors (Lipinski definition) is 2. The van der Waals surface area contributed by atoms with Gasteiger partial charge in [-0.05, 0) is 50.4 Å². The average molecular weight is 301 g/mol. The second kappa shape index (κ2) is 6.18. The molecule has 2 N–H and O–H groups in total. The summed E-state index contributed by atoms with van der Waals surface area (Å²) in [6.45, 7) is 6.03. The zero-order chi connectivity index (χ0) is 15.6. The van der Waals surface area contributed by atoms with Gasteiger partial charge in [-0.25, -0.2) is 0 Å². The van der Waals surface area contributed by atoms with Gasteiger partial charge >= 0.3 is 0 Å². The van der Waals surface area contributed by atoms with Crippen molar-refractivity contribution in [1.82, 2.24) is 10.2 Å². The molecule has 0 aromatic heterocycles. The van der Waals surface area contributed by atoms with Gasteiger partial charge in [0.15, 0.2) is 5.78 Å². The van der Waals surface area contributed by atoms with E-state index in [4.69, 9.17) is 0 Å². The molecule has 22 heavy (non-hydrogen) atoms. The van der Waals surface area contributed by atoms with Crippen LogP contribution in [0, 0.1) is 5.41 Å². The highest BCUT2D eigenvalue weighted by Crippen LogP contribution is 2.35. The van der Waals surface area contributed by atoms with E-state index in [1.807, 2.05) is 12.1 Å². The topological polar surface area (TPSA) is 61.4 Å². The van der Waals surface area contributed by atoms with Gasteiger partial charge in [-0.3, -0.25) is 14.5 Å². The van der Waals surface area contributed by atoms with Crippen molar-refractivity contribution >= 4 is 17.4 Å². The van der Waals surface area contributed by atoms with Crippen LogP contribution in [0.2, 0.25) is 0 Å². The number of carbonyl (C=O) groups is 2. The van der Waals surface area contributed by atoms with E-state index in [0.717, 1.165) is 32.6 Å². The number of nitrogens with zero attached hydrogens (tertiary/aromatic N) is 1. The van der Waals surface area contributed by atoms with Crippen LogP contribution in [-0.4, -0.2) is 49.3 Å². The number of nitrogens with one attached hydrogen (secondary N) is 2. The molecule has 2 fully saturated rings. The Bertz CT molecular complexity index is 579. The number of benzene rings is 1. The van der Waals surface area contributed by atoms with E-state index in [0.29, 0.717) is 23.2 Å². The van der Waals surface area contributed by atoms with Crippen molar-refractivity contribution in [3.05, 3.63) is 29.8 Å². The summed E-state index contributed by atoms with van der Waals surface area (Å²) in [4.78, 5) is 26.1. The highest BCUT2D eigenvalue weighted by atomic mass is 16.2. The van der Waals surface area contributed by atoms with Crippen molar-refractivity contribution < 1.29 is 9.59 Å². The summed E-state index contributed by atoms with van der Waals surface area (Å²) in [5, 5.41) is 6.30. The molecule has 5 heteroatoms. The average Bonchev–Trinajstić information content (AvgIpc) is 3.10. The molecule has 2 saturated heterocycles. The molecule has 1 aromatic carbocycles. The minimum Gasteiger partial charge on any atom is -0.324 e. The van der Waals surface area contributed by atoms with Crippen LogP contribution in [0.5, 0.6) is 0 Å². The SMILES string of the molecule is CC(=O)c1ccccc1NC(=O)CN1CCC2(CCNC2)C1. The van der Waals surface area contributed by atoms with Gasteiger partial charge in [0.05, 0.1) is 12.2 Å². The first-order valence-electron chi connectivity index (χ1n) is 7.91. The van der Waals surface area contributed by atoms with E-state index in [1.54, 1.807) is 12.1 Å². The Morgan fingerprint density at radius 1 is 1.32 bits per heavy atom. The first-order valence-corrected chi connectivity index (χ1v) is 7.91. The van der Waals surface area contributed by atoms with Gasteiger partial charge in [0.2, 0.25) is 5.91 Å². The van der Waals surface area contributed by atoms with E-state index in [2.05, 4.69) is 15.5 Å². The molecule has 5 nitrogen and oxygen atoms in total. The lowest BCUT2D eigenvalue weighted by atomic mass is 9.87. The Kier molecular flexibility index (Phi) is 4.27. The van der Waals surface area contributed by atoms with E-state index >= 15 is 0 Å². The normalized spacial score (nSPS) is 24.8. The fourth-order valence-electron chi connectivity index (χ4n) is 3.60. The zero-order valence-corrected chi connectivity index (χ0v) is 13.0. The number of anilines is 1. The van der Waals surface area contributed by atoms with E-state index in [1.165, 1.54) is 13.3 Å². The molecule has 1 unspecified atom stereocenters. The van der Waals surface area contributed by atoms with Gasteiger partial charge in [0.25, 0.3) is 0 Å². The molecule has 1 atom stereocenters. The molecule has 0 aliphatic carbocycles. The third-order valence-corrected chi connectivity index (χ3v) is 4.80. The predicted molar refractivity (Wildman–Crippen MR) is 86.1 cm³/mol. The molecule has 1 amide bonds. The molecular weight excluding hydrogens is 278 g/mol.